The molecule has 1 aromatic rings. The fourth-order valence-electron chi connectivity index (χ4n) is 2.15. The Hall–Kier alpha value is -0.940. The summed E-state index contributed by atoms with van der Waals surface area (Å²) in [7, 11) is 0. The van der Waals surface area contributed by atoms with Crippen LogP contribution in [0.5, 0.6) is 0 Å². The Morgan fingerprint density at radius 2 is 2.15 bits per heavy atom. The van der Waals surface area contributed by atoms with E-state index in [2.05, 4.69) is 35.1 Å². The normalized spacial score (nSPS) is 12.3. The molecular formula is C15H23BrN2O2. The second kappa shape index (κ2) is 9.08. The van der Waals surface area contributed by atoms with E-state index in [1.165, 1.54) is 25.7 Å². The molecular weight excluding hydrogens is 320 g/mol. The largest absolute Gasteiger partial charge is 0.312 e. The van der Waals surface area contributed by atoms with Gasteiger partial charge in [-0.05, 0) is 30.5 Å². The first-order chi connectivity index (χ1) is 9.58. The van der Waals surface area contributed by atoms with E-state index in [4.69, 9.17) is 0 Å². The van der Waals surface area contributed by atoms with Gasteiger partial charge in [-0.3, -0.25) is 10.1 Å². The molecule has 1 unspecified atom stereocenters. The van der Waals surface area contributed by atoms with Crippen molar-refractivity contribution in [2.45, 2.75) is 46.1 Å². The number of nitro benzene ring substituents is 1. The SMILES string of the molecule is CCCCC(CC)CNCc1ccc([N+](=O)[O-])cc1Br. The zero-order chi connectivity index (χ0) is 15.0. The van der Waals surface area contributed by atoms with Gasteiger partial charge in [0.1, 0.15) is 0 Å². The molecule has 112 valence electrons. The molecule has 0 aromatic heterocycles. The Morgan fingerprint density at radius 3 is 2.70 bits per heavy atom. The van der Waals surface area contributed by atoms with E-state index in [-0.39, 0.29) is 10.6 Å². The number of unbranched alkanes of at least 4 members (excludes halogenated alkanes) is 1. The maximum Gasteiger partial charge on any atom is 0.270 e. The van der Waals surface area contributed by atoms with E-state index >= 15 is 0 Å². The predicted octanol–water partition coefficient (Wildman–Crippen LogP) is 4.66. The summed E-state index contributed by atoms with van der Waals surface area (Å²) in [5.74, 6) is 0.715. The molecule has 0 aliphatic carbocycles. The van der Waals surface area contributed by atoms with Gasteiger partial charge in [0.25, 0.3) is 5.69 Å². The second-order valence-corrected chi connectivity index (χ2v) is 5.93. The molecule has 0 aliphatic rings. The molecule has 5 heteroatoms. The topological polar surface area (TPSA) is 55.2 Å². The van der Waals surface area contributed by atoms with Gasteiger partial charge in [0.15, 0.2) is 0 Å². The number of nitrogens with one attached hydrogen (secondary N) is 1. The van der Waals surface area contributed by atoms with E-state index in [1.54, 1.807) is 12.1 Å². The van der Waals surface area contributed by atoms with Gasteiger partial charge in [0.2, 0.25) is 0 Å². The van der Waals surface area contributed by atoms with Crippen molar-refractivity contribution < 1.29 is 4.92 Å². The standard InChI is InChI=1S/C15H23BrN2O2/c1-3-5-6-12(4-2)10-17-11-13-7-8-14(18(19)20)9-15(13)16/h7-9,12,17H,3-6,10-11H2,1-2H3. The third-order valence-corrected chi connectivity index (χ3v) is 4.28. The molecule has 0 fully saturated rings. The summed E-state index contributed by atoms with van der Waals surface area (Å²) in [4.78, 5) is 10.3. The van der Waals surface area contributed by atoms with Crippen molar-refractivity contribution in [2.75, 3.05) is 6.54 Å². The minimum Gasteiger partial charge on any atom is -0.312 e. The monoisotopic (exact) mass is 342 g/mol. The Labute approximate surface area is 129 Å². The van der Waals surface area contributed by atoms with Crippen molar-refractivity contribution in [1.29, 1.82) is 0 Å². The van der Waals surface area contributed by atoms with Gasteiger partial charge in [0, 0.05) is 23.2 Å². The molecule has 20 heavy (non-hydrogen) atoms. The van der Waals surface area contributed by atoms with Gasteiger partial charge in [-0.1, -0.05) is 49.0 Å². The predicted molar refractivity (Wildman–Crippen MR) is 85.8 cm³/mol. The molecule has 0 bridgehead atoms. The Balaban J connectivity index is 2.47. The van der Waals surface area contributed by atoms with Crippen LogP contribution in [0.1, 0.15) is 45.1 Å². The van der Waals surface area contributed by atoms with Crippen molar-refractivity contribution in [1.82, 2.24) is 5.32 Å². The number of benzene rings is 1. The van der Waals surface area contributed by atoms with Gasteiger partial charge < -0.3 is 5.32 Å². The Kier molecular flexibility index (Phi) is 7.77. The molecule has 1 rings (SSSR count). The highest BCUT2D eigenvalue weighted by Crippen LogP contribution is 2.23. The lowest BCUT2D eigenvalue weighted by molar-refractivity contribution is -0.384. The molecule has 0 radical (unpaired) electrons. The van der Waals surface area contributed by atoms with Crippen LogP contribution in [0, 0.1) is 16.0 Å². The van der Waals surface area contributed by atoms with Crippen LogP contribution in [0.3, 0.4) is 0 Å². The highest BCUT2D eigenvalue weighted by molar-refractivity contribution is 9.10. The number of rotatable bonds is 9. The molecule has 0 saturated heterocycles. The summed E-state index contributed by atoms with van der Waals surface area (Å²) in [5.41, 5.74) is 1.18. The van der Waals surface area contributed by atoms with Crippen LogP contribution in [-0.4, -0.2) is 11.5 Å². The molecule has 0 aliphatic heterocycles. The average molecular weight is 343 g/mol. The lowest BCUT2D eigenvalue weighted by Crippen LogP contribution is -2.22. The summed E-state index contributed by atoms with van der Waals surface area (Å²) in [6, 6.07) is 4.92. The van der Waals surface area contributed by atoms with Crippen molar-refractivity contribution in [3.05, 3.63) is 38.3 Å². The summed E-state index contributed by atoms with van der Waals surface area (Å²) in [6.07, 6.45) is 4.97. The number of hydrogen-bond acceptors (Lipinski definition) is 3. The van der Waals surface area contributed by atoms with E-state index in [9.17, 15) is 10.1 Å². The van der Waals surface area contributed by atoms with Gasteiger partial charge in [-0.25, -0.2) is 0 Å². The van der Waals surface area contributed by atoms with E-state index < -0.39 is 0 Å². The van der Waals surface area contributed by atoms with Gasteiger partial charge in [-0.2, -0.15) is 0 Å². The lowest BCUT2D eigenvalue weighted by atomic mass is 9.99. The van der Waals surface area contributed by atoms with E-state index in [0.717, 1.165) is 23.1 Å². The fraction of sp³-hybridized carbons (Fsp3) is 0.600. The van der Waals surface area contributed by atoms with Crippen molar-refractivity contribution in [3.8, 4) is 0 Å². The van der Waals surface area contributed by atoms with Crippen molar-refractivity contribution >= 4 is 21.6 Å². The van der Waals surface area contributed by atoms with E-state index in [0.29, 0.717) is 5.92 Å². The Bertz CT molecular complexity index is 438. The summed E-state index contributed by atoms with van der Waals surface area (Å²) in [6.45, 7) is 6.18. The summed E-state index contributed by atoms with van der Waals surface area (Å²) in [5, 5.41) is 14.1. The van der Waals surface area contributed by atoms with Gasteiger partial charge >= 0.3 is 0 Å². The second-order valence-electron chi connectivity index (χ2n) is 5.08. The number of hydrogen-bond donors (Lipinski definition) is 1. The van der Waals surface area contributed by atoms with Crippen LogP contribution in [0.15, 0.2) is 22.7 Å². The smallest absolute Gasteiger partial charge is 0.270 e. The number of non-ortho nitro benzene ring substituents is 1. The van der Waals surface area contributed by atoms with Crippen molar-refractivity contribution in [3.63, 3.8) is 0 Å². The highest BCUT2D eigenvalue weighted by atomic mass is 79.9. The van der Waals surface area contributed by atoms with Crippen LogP contribution in [-0.2, 0) is 6.54 Å². The van der Waals surface area contributed by atoms with Crippen LogP contribution >= 0.6 is 15.9 Å². The zero-order valence-corrected chi connectivity index (χ0v) is 13.8. The van der Waals surface area contributed by atoms with Gasteiger partial charge in [0.05, 0.1) is 4.92 Å². The fourth-order valence-corrected chi connectivity index (χ4v) is 2.65. The molecule has 4 nitrogen and oxygen atoms in total. The molecule has 0 amide bonds. The molecule has 0 heterocycles. The minimum absolute atomic E-state index is 0.120. The van der Waals surface area contributed by atoms with Crippen LogP contribution < -0.4 is 5.32 Å². The quantitative estimate of drug-likeness (QED) is 0.524. The average Bonchev–Trinajstić information content (AvgIpc) is 2.43. The molecule has 1 N–H and O–H groups in total. The van der Waals surface area contributed by atoms with Crippen LogP contribution in [0.25, 0.3) is 0 Å². The summed E-state index contributed by atoms with van der Waals surface area (Å²) < 4.78 is 0.792. The summed E-state index contributed by atoms with van der Waals surface area (Å²) >= 11 is 3.40. The highest BCUT2D eigenvalue weighted by Gasteiger charge is 2.10. The molecule has 1 aromatic carbocycles. The maximum atomic E-state index is 10.7. The third kappa shape index (κ3) is 5.59. The third-order valence-electron chi connectivity index (χ3n) is 3.54. The molecule has 1 atom stereocenters. The first-order valence-corrected chi connectivity index (χ1v) is 8.01. The number of halogens is 1. The number of nitrogens with zero attached hydrogens (tertiary/aromatic N) is 1. The first-order valence-electron chi connectivity index (χ1n) is 7.22. The number of nitro groups is 1. The molecule has 0 spiro atoms. The van der Waals surface area contributed by atoms with Gasteiger partial charge in [-0.15, -0.1) is 0 Å². The zero-order valence-electron chi connectivity index (χ0n) is 12.2. The molecule has 0 saturated carbocycles. The van der Waals surface area contributed by atoms with E-state index in [1.807, 2.05) is 6.07 Å². The van der Waals surface area contributed by atoms with Crippen LogP contribution in [0.2, 0.25) is 0 Å². The first kappa shape index (κ1) is 17.1. The van der Waals surface area contributed by atoms with Crippen LogP contribution in [0.4, 0.5) is 5.69 Å². The Morgan fingerprint density at radius 1 is 1.40 bits per heavy atom. The lowest BCUT2D eigenvalue weighted by Gasteiger charge is -2.15. The minimum atomic E-state index is -0.375. The maximum absolute atomic E-state index is 10.7. The van der Waals surface area contributed by atoms with Crippen molar-refractivity contribution in [2.24, 2.45) is 5.92 Å².